The molecule has 1 atom stereocenters. The predicted molar refractivity (Wildman–Crippen MR) is 117 cm³/mol. The summed E-state index contributed by atoms with van der Waals surface area (Å²) in [5, 5.41) is 3.05. The van der Waals surface area contributed by atoms with E-state index >= 15 is 0 Å². The Labute approximate surface area is 177 Å². The minimum atomic E-state index is -4.37. The molecular weight excluding hydrogens is 405 g/mol. The van der Waals surface area contributed by atoms with Crippen molar-refractivity contribution >= 4 is 34.0 Å². The van der Waals surface area contributed by atoms with Crippen molar-refractivity contribution in [2.75, 3.05) is 0 Å². The minimum Gasteiger partial charge on any atom is -0.354 e. The average Bonchev–Trinajstić information content (AvgIpc) is 3.12. The smallest absolute Gasteiger partial charge is 0.354 e. The monoisotopic (exact) mass is 422 g/mol. The number of nitrogens with zero attached hydrogens (tertiary/aromatic N) is 1. The maximum Gasteiger partial charge on any atom is 0.390 e. The number of hydrogen-bond acceptors (Lipinski definition) is 2. The highest BCUT2D eigenvalue weighted by atomic mass is 32.1. The summed E-state index contributed by atoms with van der Waals surface area (Å²) in [7, 11) is 0. The van der Waals surface area contributed by atoms with Crippen LogP contribution < -0.4 is 0 Å². The van der Waals surface area contributed by atoms with Gasteiger partial charge in [-0.3, -0.25) is 0 Å². The van der Waals surface area contributed by atoms with Gasteiger partial charge in [-0.05, 0) is 41.0 Å². The molecule has 1 heterocycles. The Balaban J connectivity index is 2.04. The second-order valence-electron chi connectivity index (χ2n) is 6.96. The molecule has 0 saturated heterocycles. The highest BCUT2D eigenvalue weighted by molar-refractivity contribution is 7.78. The fourth-order valence-electron chi connectivity index (χ4n) is 3.89. The molecule has 0 saturated carbocycles. The van der Waals surface area contributed by atoms with Crippen LogP contribution in [-0.4, -0.2) is 16.3 Å². The molecule has 0 bridgehead atoms. The molecule has 30 heavy (non-hydrogen) atoms. The molecule has 150 valence electrons. The number of aromatic nitrogens is 1. The first-order chi connectivity index (χ1) is 14.5. The number of aliphatic imine (C=N–C) groups is 1. The standard InChI is InChI=1S/C24H17F3N2S/c25-24(26,27)14-19(17-10-4-6-12-20(17)28-15-30)22-18-11-5-7-13-21(18)29-23(22)16-8-2-1-3-9-16/h1-13,19,29H,14H2. The summed E-state index contributed by atoms with van der Waals surface area (Å²) >= 11 is 4.72. The van der Waals surface area contributed by atoms with E-state index in [2.05, 4.69) is 15.1 Å². The summed E-state index contributed by atoms with van der Waals surface area (Å²) in [5.41, 5.74) is 3.74. The molecule has 3 aromatic carbocycles. The fourth-order valence-corrected chi connectivity index (χ4v) is 3.99. The minimum absolute atomic E-state index is 0.394. The van der Waals surface area contributed by atoms with E-state index in [0.29, 0.717) is 22.5 Å². The number of aromatic amines is 1. The van der Waals surface area contributed by atoms with Crippen molar-refractivity contribution in [2.45, 2.75) is 18.5 Å². The summed E-state index contributed by atoms with van der Waals surface area (Å²) in [6, 6.07) is 23.6. The second-order valence-corrected chi connectivity index (χ2v) is 7.14. The number of H-pyrrole nitrogens is 1. The zero-order valence-corrected chi connectivity index (χ0v) is 16.6. The van der Waals surface area contributed by atoms with Gasteiger partial charge in [0.15, 0.2) is 0 Å². The van der Waals surface area contributed by atoms with E-state index in [-0.39, 0.29) is 0 Å². The zero-order chi connectivity index (χ0) is 21.1. The molecule has 0 fully saturated rings. The normalized spacial score (nSPS) is 12.5. The SMILES string of the molecule is FC(F)(F)CC(c1ccccc1N=C=S)c1c(-c2ccccc2)[nH]c2ccccc12. The Morgan fingerprint density at radius 2 is 1.57 bits per heavy atom. The van der Waals surface area contributed by atoms with Gasteiger partial charge in [-0.2, -0.15) is 18.2 Å². The number of hydrogen-bond donors (Lipinski definition) is 1. The van der Waals surface area contributed by atoms with Gasteiger partial charge in [0.2, 0.25) is 0 Å². The molecule has 4 aromatic rings. The van der Waals surface area contributed by atoms with E-state index in [1.807, 2.05) is 54.6 Å². The number of isothiocyanates is 1. The van der Waals surface area contributed by atoms with Crippen molar-refractivity contribution in [3.05, 3.63) is 90.0 Å². The van der Waals surface area contributed by atoms with Gasteiger partial charge in [0.25, 0.3) is 0 Å². The predicted octanol–water partition coefficient (Wildman–Crippen LogP) is 7.65. The van der Waals surface area contributed by atoms with Crippen LogP contribution in [0.1, 0.15) is 23.5 Å². The Hall–Kier alpha value is -3.21. The molecule has 4 rings (SSSR count). The van der Waals surface area contributed by atoms with E-state index in [0.717, 1.165) is 16.5 Å². The lowest BCUT2D eigenvalue weighted by Crippen LogP contribution is -2.15. The fraction of sp³-hybridized carbons (Fsp3) is 0.125. The molecule has 0 aliphatic carbocycles. The van der Waals surface area contributed by atoms with Crippen LogP contribution in [0, 0.1) is 0 Å². The van der Waals surface area contributed by atoms with Gasteiger partial charge in [-0.1, -0.05) is 66.7 Å². The maximum atomic E-state index is 13.8. The number of thiocarbonyl (C=S) groups is 1. The Bertz CT molecular complexity index is 1220. The molecule has 2 nitrogen and oxygen atoms in total. The van der Waals surface area contributed by atoms with Crippen LogP contribution >= 0.6 is 12.2 Å². The van der Waals surface area contributed by atoms with E-state index in [1.165, 1.54) is 0 Å². The van der Waals surface area contributed by atoms with Crippen LogP contribution in [0.5, 0.6) is 0 Å². The largest absolute Gasteiger partial charge is 0.390 e. The molecule has 1 N–H and O–H groups in total. The number of rotatable bonds is 5. The second kappa shape index (κ2) is 8.27. The number of halogens is 3. The first-order valence-corrected chi connectivity index (χ1v) is 9.78. The molecule has 6 heteroatoms. The highest BCUT2D eigenvalue weighted by Gasteiger charge is 2.36. The van der Waals surface area contributed by atoms with E-state index in [4.69, 9.17) is 12.2 Å². The summed E-state index contributed by atoms with van der Waals surface area (Å²) in [4.78, 5) is 7.37. The van der Waals surface area contributed by atoms with Gasteiger partial charge in [0, 0.05) is 16.8 Å². The topological polar surface area (TPSA) is 28.1 Å². The van der Waals surface area contributed by atoms with Crippen molar-refractivity contribution in [3.63, 3.8) is 0 Å². The number of nitrogens with one attached hydrogen (secondary N) is 1. The number of fused-ring (bicyclic) bond motifs is 1. The van der Waals surface area contributed by atoms with Crippen LogP contribution in [0.15, 0.2) is 83.9 Å². The zero-order valence-electron chi connectivity index (χ0n) is 15.8. The van der Waals surface area contributed by atoms with Gasteiger partial charge >= 0.3 is 6.18 Å². The number of para-hydroxylation sites is 2. The van der Waals surface area contributed by atoms with Crippen molar-refractivity contribution in [1.29, 1.82) is 0 Å². The van der Waals surface area contributed by atoms with Gasteiger partial charge in [0.05, 0.1) is 23.0 Å². The van der Waals surface area contributed by atoms with E-state index < -0.39 is 18.5 Å². The summed E-state index contributed by atoms with van der Waals surface area (Å²) in [5.74, 6) is -0.959. The van der Waals surface area contributed by atoms with Gasteiger partial charge in [-0.25, -0.2) is 0 Å². The molecule has 0 amide bonds. The Morgan fingerprint density at radius 3 is 2.30 bits per heavy atom. The summed E-state index contributed by atoms with van der Waals surface area (Å²) in [6.07, 6.45) is -5.38. The van der Waals surface area contributed by atoms with Gasteiger partial charge in [0.1, 0.15) is 0 Å². The molecule has 0 spiro atoms. The van der Waals surface area contributed by atoms with Crippen LogP contribution in [0.25, 0.3) is 22.2 Å². The Kier molecular flexibility index (Phi) is 5.53. The molecule has 0 radical (unpaired) electrons. The average molecular weight is 422 g/mol. The third kappa shape index (κ3) is 4.06. The van der Waals surface area contributed by atoms with Gasteiger partial charge < -0.3 is 4.98 Å². The third-order valence-corrected chi connectivity index (χ3v) is 5.16. The van der Waals surface area contributed by atoms with E-state index in [1.54, 1.807) is 24.3 Å². The third-order valence-electron chi connectivity index (χ3n) is 5.07. The van der Waals surface area contributed by atoms with Crippen LogP contribution in [0.2, 0.25) is 0 Å². The van der Waals surface area contributed by atoms with Crippen molar-refractivity contribution < 1.29 is 13.2 Å². The molecule has 0 aliphatic heterocycles. The van der Waals surface area contributed by atoms with Crippen LogP contribution in [0.4, 0.5) is 18.9 Å². The summed E-state index contributed by atoms with van der Waals surface area (Å²) in [6.45, 7) is 0. The lowest BCUT2D eigenvalue weighted by atomic mass is 9.84. The van der Waals surface area contributed by atoms with Crippen molar-refractivity contribution in [2.24, 2.45) is 4.99 Å². The van der Waals surface area contributed by atoms with Gasteiger partial charge in [-0.15, -0.1) is 0 Å². The van der Waals surface area contributed by atoms with Crippen LogP contribution in [0.3, 0.4) is 0 Å². The lowest BCUT2D eigenvalue weighted by Gasteiger charge is -2.22. The highest BCUT2D eigenvalue weighted by Crippen LogP contribution is 2.46. The lowest BCUT2D eigenvalue weighted by molar-refractivity contribution is -0.136. The van der Waals surface area contributed by atoms with Crippen LogP contribution in [-0.2, 0) is 0 Å². The number of alkyl halides is 3. The molecule has 1 aromatic heterocycles. The quantitative estimate of drug-likeness (QED) is 0.260. The number of benzene rings is 3. The molecule has 1 unspecified atom stereocenters. The molecular formula is C24H17F3N2S. The maximum absolute atomic E-state index is 13.8. The molecule has 0 aliphatic rings. The van der Waals surface area contributed by atoms with E-state index in [9.17, 15) is 13.2 Å². The first kappa shape index (κ1) is 20.1. The van der Waals surface area contributed by atoms with Crippen molar-refractivity contribution in [1.82, 2.24) is 4.98 Å². The Morgan fingerprint density at radius 1 is 0.900 bits per heavy atom. The van der Waals surface area contributed by atoms with Crippen molar-refractivity contribution in [3.8, 4) is 11.3 Å². The summed E-state index contributed by atoms with van der Waals surface area (Å²) < 4.78 is 41.3. The first-order valence-electron chi connectivity index (χ1n) is 9.37.